The molecule has 0 aliphatic carbocycles. The highest BCUT2D eigenvalue weighted by atomic mass is 79.9. The molecule has 0 N–H and O–H groups in total. The Bertz CT molecular complexity index is 114. The number of hydrogen-bond donors (Lipinski definition) is 0. The summed E-state index contributed by atoms with van der Waals surface area (Å²) in [7, 11) is 0. The average Bonchev–Trinajstić information content (AvgIpc) is 2.38. The van der Waals surface area contributed by atoms with Crippen molar-refractivity contribution >= 4 is 15.9 Å². The van der Waals surface area contributed by atoms with Gasteiger partial charge in [0.1, 0.15) is 6.67 Å². The lowest BCUT2D eigenvalue weighted by Gasteiger charge is -2.19. The maximum Gasteiger partial charge on any atom is 0.243 e. The van der Waals surface area contributed by atoms with Crippen molar-refractivity contribution in [2.75, 3.05) is 19.9 Å². The van der Waals surface area contributed by atoms with Crippen LogP contribution in [0.25, 0.3) is 0 Å². The lowest BCUT2D eigenvalue weighted by Crippen LogP contribution is -2.34. The highest BCUT2D eigenvalue weighted by Crippen LogP contribution is 2.30. The number of ether oxygens (including phenoxy) is 2. The van der Waals surface area contributed by atoms with Crippen LogP contribution in [-0.4, -0.2) is 30.8 Å². The first-order chi connectivity index (χ1) is 4.67. The van der Waals surface area contributed by atoms with Crippen LogP contribution in [0.3, 0.4) is 0 Å². The van der Waals surface area contributed by atoms with Gasteiger partial charge in [0.05, 0.1) is 13.2 Å². The molecule has 0 aromatic rings. The Morgan fingerprint density at radius 1 is 1.50 bits per heavy atom. The molecule has 10 heavy (non-hydrogen) atoms. The summed E-state index contributed by atoms with van der Waals surface area (Å²) >= 11 is 2.52. The first kappa shape index (κ1) is 8.36. The Morgan fingerprint density at radius 2 is 2.00 bits per heavy atom. The minimum absolute atomic E-state index is 0.321. The van der Waals surface area contributed by atoms with E-state index in [0.29, 0.717) is 13.2 Å². The normalized spacial score (nSPS) is 26.7. The van der Waals surface area contributed by atoms with Crippen LogP contribution < -0.4 is 0 Å². The van der Waals surface area contributed by atoms with E-state index in [2.05, 4.69) is 15.9 Å². The predicted molar refractivity (Wildman–Crippen MR) is 34.4 cm³/mol. The van der Waals surface area contributed by atoms with E-state index in [9.17, 15) is 8.78 Å². The second-order valence-corrected chi connectivity index (χ2v) is 3.29. The van der Waals surface area contributed by atoms with Gasteiger partial charge in [-0.05, 0) is 15.9 Å². The van der Waals surface area contributed by atoms with Crippen LogP contribution in [-0.2, 0) is 9.47 Å². The zero-order chi connectivity index (χ0) is 7.61. The van der Waals surface area contributed by atoms with Crippen LogP contribution in [0.4, 0.5) is 8.78 Å². The maximum absolute atomic E-state index is 12.8. The van der Waals surface area contributed by atoms with Crippen molar-refractivity contribution < 1.29 is 18.3 Å². The Kier molecular flexibility index (Phi) is 2.60. The molecular formula is C5H7BrF2O2. The second-order valence-electron chi connectivity index (χ2n) is 1.97. The summed E-state index contributed by atoms with van der Waals surface area (Å²) in [6, 6.07) is 0. The first-order valence-corrected chi connectivity index (χ1v) is 3.63. The molecule has 1 rings (SSSR count). The lowest BCUT2D eigenvalue weighted by atomic mass is 10.4. The van der Waals surface area contributed by atoms with Crippen LogP contribution >= 0.6 is 15.9 Å². The molecule has 1 aliphatic heterocycles. The zero-order valence-corrected chi connectivity index (χ0v) is 6.74. The minimum atomic E-state index is -2.18. The van der Waals surface area contributed by atoms with Crippen LogP contribution in [0.1, 0.15) is 0 Å². The van der Waals surface area contributed by atoms with Crippen LogP contribution in [0, 0.1) is 0 Å². The molecule has 5 heteroatoms. The SMILES string of the molecule is FCC(F)(Br)C1OCCO1. The van der Waals surface area contributed by atoms with Gasteiger partial charge < -0.3 is 9.47 Å². The first-order valence-electron chi connectivity index (χ1n) is 2.84. The standard InChI is InChI=1S/C5H7BrF2O2/c6-5(8,3-7)4-9-1-2-10-4/h4H,1-3H2. The molecule has 1 atom stereocenters. The summed E-state index contributed by atoms with van der Waals surface area (Å²) in [4.78, 5) is 0. The molecule has 0 aromatic carbocycles. The lowest BCUT2D eigenvalue weighted by molar-refractivity contribution is -0.109. The summed E-state index contributed by atoms with van der Waals surface area (Å²) in [6.45, 7) is -0.512. The molecule has 0 spiro atoms. The molecule has 0 bridgehead atoms. The fraction of sp³-hybridized carbons (Fsp3) is 1.00. The topological polar surface area (TPSA) is 18.5 Å². The zero-order valence-electron chi connectivity index (χ0n) is 5.15. The van der Waals surface area contributed by atoms with Crippen LogP contribution in [0.15, 0.2) is 0 Å². The van der Waals surface area contributed by atoms with Crippen LogP contribution in [0.2, 0.25) is 0 Å². The molecule has 1 saturated heterocycles. The molecule has 1 aliphatic rings. The smallest absolute Gasteiger partial charge is 0.243 e. The molecule has 0 radical (unpaired) electrons. The van der Waals surface area contributed by atoms with Crippen molar-refractivity contribution in [3.05, 3.63) is 0 Å². The van der Waals surface area contributed by atoms with E-state index in [1.54, 1.807) is 0 Å². The van der Waals surface area contributed by atoms with E-state index in [1.807, 2.05) is 0 Å². The molecule has 1 heterocycles. The largest absolute Gasteiger partial charge is 0.346 e. The van der Waals surface area contributed by atoms with Gasteiger partial charge in [0.2, 0.25) is 10.9 Å². The van der Waals surface area contributed by atoms with E-state index in [4.69, 9.17) is 9.47 Å². The predicted octanol–water partition coefficient (Wildman–Crippen LogP) is 1.39. The van der Waals surface area contributed by atoms with Gasteiger partial charge >= 0.3 is 0 Å². The van der Waals surface area contributed by atoms with Crippen LogP contribution in [0.5, 0.6) is 0 Å². The van der Waals surface area contributed by atoms with Crippen molar-refractivity contribution in [3.63, 3.8) is 0 Å². The fourth-order valence-corrected chi connectivity index (χ4v) is 0.930. The number of halogens is 3. The van der Waals surface area contributed by atoms with E-state index in [0.717, 1.165) is 0 Å². The van der Waals surface area contributed by atoms with E-state index in [1.165, 1.54) is 0 Å². The second kappa shape index (κ2) is 3.11. The number of alkyl halides is 3. The molecule has 2 nitrogen and oxygen atoms in total. The monoisotopic (exact) mass is 216 g/mol. The van der Waals surface area contributed by atoms with Crippen molar-refractivity contribution in [1.82, 2.24) is 0 Å². The average molecular weight is 217 g/mol. The Morgan fingerprint density at radius 3 is 2.40 bits per heavy atom. The minimum Gasteiger partial charge on any atom is -0.346 e. The van der Waals surface area contributed by atoms with Gasteiger partial charge in [0, 0.05) is 0 Å². The third-order valence-corrected chi connectivity index (χ3v) is 1.73. The summed E-state index contributed by atoms with van der Waals surface area (Å²) in [6.07, 6.45) is -1.10. The molecule has 0 amide bonds. The summed E-state index contributed by atoms with van der Waals surface area (Å²) in [5, 5.41) is 0. The summed E-state index contributed by atoms with van der Waals surface area (Å²) < 4.78 is 31.9. The van der Waals surface area contributed by atoms with Crippen molar-refractivity contribution in [3.8, 4) is 0 Å². The maximum atomic E-state index is 12.8. The summed E-state index contributed by atoms with van der Waals surface area (Å²) in [5.41, 5.74) is 0. The number of hydrogen-bond acceptors (Lipinski definition) is 2. The Balaban J connectivity index is 2.45. The van der Waals surface area contributed by atoms with Crippen molar-refractivity contribution in [2.24, 2.45) is 0 Å². The third kappa shape index (κ3) is 1.65. The van der Waals surface area contributed by atoms with Gasteiger partial charge in [-0.1, -0.05) is 0 Å². The highest BCUT2D eigenvalue weighted by molar-refractivity contribution is 9.10. The Labute approximate surface area is 65.6 Å². The molecule has 0 saturated carbocycles. The molecule has 60 valence electrons. The van der Waals surface area contributed by atoms with Gasteiger partial charge in [-0.3, -0.25) is 0 Å². The van der Waals surface area contributed by atoms with Gasteiger partial charge in [-0.2, -0.15) is 0 Å². The Hall–Kier alpha value is 0.260. The summed E-state index contributed by atoms with van der Waals surface area (Å²) in [5.74, 6) is 0. The molecule has 0 aromatic heterocycles. The van der Waals surface area contributed by atoms with Gasteiger partial charge in [-0.15, -0.1) is 0 Å². The van der Waals surface area contributed by atoms with E-state index < -0.39 is 17.5 Å². The molecular weight excluding hydrogens is 210 g/mol. The van der Waals surface area contributed by atoms with E-state index in [-0.39, 0.29) is 0 Å². The van der Waals surface area contributed by atoms with Gasteiger partial charge in [0.15, 0.2) is 0 Å². The van der Waals surface area contributed by atoms with Gasteiger partial charge in [0.25, 0.3) is 0 Å². The van der Waals surface area contributed by atoms with Crippen molar-refractivity contribution in [1.29, 1.82) is 0 Å². The molecule has 1 unspecified atom stereocenters. The fourth-order valence-electron chi connectivity index (χ4n) is 0.665. The quantitative estimate of drug-likeness (QED) is 0.650. The van der Waals surface area contributed by atoms with Crippen molar-refractivity contribution in [2.45, 2.75) is 10.9 Å². The van der Waals surface area contributed by atoms with Gasteiger partial charge in [-0.25, -0.2) is 8.78 Å². The number of rotatable bonds is 2. The third-order valence-electron chi connectivity index (χ3n) is 1.14. The molecule has 1 fully saturated rings. The van der Waals surface area contributed by atoms with E-state index >= 15 is 0 Å². The highest BCUT2D eigenvalue weighted by Gasteiger charge is 2.41.